The van der Waals surface area contributed by atoms with Crippen LogP contribution in [0.4, 0.5) is 17.6 Å². The Morgan fingerprint density at radius 2 is 1.85 bits per heavy atom. The van der Waals surface area contributed by atoms with Gasteiger partial charge in [-0.3, -0.25) is 4.98 Å². The van der Waals surface area contributed by atoms with Crippen molar-refractivity contribution in [3.05, 3.63) is 65.9 Å². The van der Waals surface area contributed by atoms with Crippen LogP contribution in [0, 0.1) is 5.82 Å². The van der Waals surface area contributed by atoms with Gasteiger partial charge in [0, 0.05) is 30.0 Å². The average molecular weight is 379 g/mol. The van der Waals surface area contributed by atoms with Gasteiger partial charge < -0.3 is 10.7 Å². The highest BCUT2D eigenvalue weighted by Crippen LogP contribution is 2.41. The minimum absolute atomic E-state index is 0.317. The van der Waals surface area contributed by atoms with Crippen molar-refractivity contribution in [3.8, 4) is 0 Å². The average Bonchev–Trinajstić information content (AvgIpc) is 2.95. The number of aromatic nitrogens is 2. The third kappa shape index (κ3) is 3.98. The van der Waals surface area contributed by atoms with E-state index in [1.54, 1.807) is 44.4 Å². The first-order valence-corrected chi connectivity index (χ1v) is 8.53. The van der Waals surface area contributed by atoms with E-state index >= 15 is 0 Å². The Hall–Kier alpha value is -2.41. The molecular formula is C20H21F4N3. The van der Waals surface area contributed by atoms with Gasteiger partial charge in [-0.25, -0.2) is 4.39 Å². The summed E-state index contributed by atoms with van der Waals surface area (Å²) in [6.07, 6.45) is -2.24. The van der Waals surface area contributed by atoms with Crippen LogP contribution < -0.4 is 5.73 Å². The number of pyridine rings is 1. The lowest BCUT2D eigenvalue weighted by molar-refractivity contribution is -0.191. The van der Waals surface area contributed by atoms with Crippen molar-refractivity contribution < 1.29 is 17.6 Å². The molecular weight excluding hydrogens is 358 g/mol. The minimum atomic E-state index is -4.62. The van der Waals surface area contributed by atoms with Crippen LogP contribution in [0.3, 0.4) is 0 Å². The predicted molar refractivity (Wildman–Crippen MR) is 96.8 cm³/mol. The number of hydrogen-bond acceptors (Lipinski definition) is 2. The molecule has 0 amide bonds. The molecule has 0 aliphatic heterocycles. The molecule has 2 aromatic heterocycles. The Kier molecular flexibility index (Phi) is 4.76. The molecule has 3 nitrogen and oxygen atoms in total. The minimum Gasteiger partial charge on any atom is -0.358 e. The molecule has 7 heteroatoms. The summed E-state index contributed by atoms with van der Waals surface area (Å²) < 4.78 is 55.2. The zero-order valence-corrected chi connectivity index (χ0v) is 15.1. The molecule has 1 unspecified atom stereocenters. The number of rotatable bonds is 5. The fourth-order valence-corrected chi connectivity index (χ4v) is 3.51. The van der Waals surface area contributed by atoms with E-state index in [1.807, 2.05) is 0 Å². The maximum Gasteiger partial charge on any atom is 0.406 e. The molecule has 0 aliphatic rings. The topological polar surface area (TPSA) is 54.7 Å². The number of nitrogens with one attached hydrogen (secondary N) is 1. The lowest BCUT2D eigenvalue weighted by atomic mass is 9.72. The van der Waals surface area contributed by atoms with Crippen molar-refractivity contribution in [1.82, 2.24) is 9.97 Å². The van der Waals surface area contributed by atoms with Gasteiger partial charge in [0.25, 0.3) is 0 Å². The molecule has 0 saturated carbocycles. The molecule has 3 aromatic rings. The molecule has 27 heavy (non-hydrogen) atoms. The fourth-order valence-electron chi connectivity index (χ4n) is 3.51. The van der Waals surface area contributed by atoms with Crippen LogP contribution in [0.25, 0.3) is 10.9 Å². The number of hydrogen-bond donors (Lipinski definition) is 2. The highest BCUT2D eigenvalue weighted by Gasteiger charge is 2.54. The Labute approximate surface area is 154 Å². The first kappa shape index (κ1) is 19.4. The zero-order chi connectivity index (χ0) is 19.9. The Morgan fingerprint density at radius 3 is 2.48 bits per heavy atom. The van der Waals surface area contributed by atoms with Crippen molar-refractivity contribution in [2.24, 2.45) is 5.73 Å². The number of nitrogens with zero attached hydrogens (tertiary/aromatic N) is 1. The molecule has 2 heterocycles. The summed E-state index contributed by atoms with van der Waals surface area (Å²) >= 11 is 0. The fraction of sp³-hybridized carbons (Fsp3) is 0.350. The lowest BCUT2D eigenvalue weighted by Crippen LogP contribution is -2.58. The quantitative estimate of drug-likeness (QED) is 0.621. The summed E-state index contributed by atoms with van der Waals surface area (Å²) in [6, 6.07) is 9.06. The molecule has 0 saturated heterocycles. The molecule has 0 bridgehead atoms. The summed E-state index contributed by atoms with van der Waals surface area (Å²) in [7, 11) is 0. The number of aromatic amines is 1. The van der Waals surface area contributed by atoms with E-state index in [0.29, 0.717) is 22.2 Å². The molecule has 1 atom stereocenters. The second-order valence-electron chi connectivity index (χ2n) is 7.66. The van der Waals surface area contributed by atoms with Crippen molar-refractivity contribution in [1.29, 1.82) is 0 Å². The van der Waals surface area contributed by atoms with Gasteiger partial charge in [0.2, 0.25) is 0 Å². The monoisotopic (exact) mass is 379 g/mol. The molecule has 0 fully saturated rings. The summed E-state index contributed by atoms with van der Waals surface area (Å²) in [4.78, 5) is 6.86. The Balaban J connectivity index is 1.94. The first-order valence-electron chi connectivity index (χ1n) is 8.53. The molecule has 0 aliphatic carbocycles. The van der Waals surface area contributed by atoms with Gasteiger partial charge in [-0.15, -0.1) is 0 Å². The van der Waals surface area contributed by atoms with E-state index in [1.165, 1.54) is 18.2 Å². The normalized spacial score (nSPS) is 15.1. The van der Waals surface area contributed by atoms with Gasteiger partial charge in [0.1, 0.15) is 11.4 Å². The van der Waals surface area contributed by atoms with E-state index in [9.17, 15) is 17.6 Å². The van der Waals surface area contributed by atoms with Crippen LogP contribution in [0.2, 0.25) is 0 Å². The van der Waals surface area contributed by atoms with E-state index in [0.717, 1.165) is 0 Å². The molecule has 0 radical (unpaired) electrons. The van der Waals surface area contributed by atoms with Crippen molar-refractivity contribution in [3.63, 3.8) is 0 Å². The molecule has 0 spiro atoms. The predicted octanol–water partition coefficient (Wildman–Crippen LogP) is 4.87. The van der Waals surface area contributed by atoms with Crippen LogP contribution in [0.15, 0.2) is 48.8 Å². The second kappa shape index (κ2) is 6.64. The van der Waals surface area contributed by atoms with Crippen LogP contribution in [0.5, 0.6) is 0 Å². The largest absolute Gasteiger partial charge is 0.406 e. The Bertz CT molecular complexity index is 931. The second-order valence-corrected chi connectivity index (χ2v) is 7.66. The molecule has 3 N–H and O–H groups in total. The van der Waals surface area contributed by atoms with E-state index < -0.39 is 29.4 Å². The van der Waals surface area contributed by atoms with Crippen molar-refractivity contribution in [2.45, 2.75) is 43.8 Å². The van der Waals surface area contributed by atoms with Crippen LogP contribution >= 0.6 is 0 Å². The van der Waals surface area contributed by atoms with Crippen LogP contribution in [0.1, 0.15) is 31.5 Å². The van der Waals surface area contributed by atoms with E-state index in [-0.39, 0.29) is 6.42 Å². The molecule has 1 aromatic carbocycles. The smallest absolute Gasteiger partial charge is 0.358 e. The number of fused-ring (bicyclic) bond motifs is 1. The summed E-state index contributed by atoms with van der Waals surface area (Å²) in [5.41, 5.74) is 4.10. The summed E-state index contributed by atoms with van der Waals surface area (Å²) in [5, 5.41) is 0.641. The van der Waals surface area contributed by atoms with Gasteiger partial charge in [0.05, 0.1) is 0 Å². The van der Waals surface area contributed by atoms with Crippen LogP contribution in [-0.4, -0.2) is 21.7 Å². The maximum absolute atomic E-state index is 13.9. The molecule has 144 valence electrons. The van der Waals surface area contributed by atoms with Gasteiger partial charge >= 0.3 is 6.18 Å². The third-order valence-corrected chi connectivity index (χ3v) is 4.91. The first-order chi connectivity index (χ1) is 12.5. The van der Waals surface area contributed by atoms with E-state index in [4.69, 9.17) is 5.73 Å². The number of benzene rings is 1. The van der Waals surface area contributed by atoms with Crippen LogP contribution in [-0.2, 0) is 11.8 Å². The molecule has 3 rings (SSSR count). The number of nitrogens with two attached hydrogens (primary N) is 1. The van der Waals surface area contributed by atoms with Gasteiger partial charge in [-0.1, -0.05) is 19.9 Å². The summed E-state index contributed by atoms with van der Waals surface area (Å²) in [6.45, 7) is 3.44. The van der Waals surface area contributed by atoms with E-state index in [2.05, 4.69) is 9.97 Å². The standard InChI is InChI=1S/C20H21F4N3/c1-18(2,14-4-3-7-26-11-14)12-19(25,20(22,23)24)10-16-8-13-5-6-15(21)9-17(13)27-16/h3-9,11,27H,10,12,25H2,1-2H3. The summed E-state index contributed by atoms with van der Waals surface area (Å²) in [5.74, 6) is -0.455. The SMILES string of the molecule is CC(C)(CC(N)(Cc1cc2ccc(F)cc2[nH]1)C(F)(F)F)c1cccnc1. The highest BCUT2D eigenvalue weighted by molar-refractivity contribution is 5.80. The number of halogens is 4. The number of alkyl halides is 3. The highest BCUT2D eigenvalue weighted by atomic mass is 19.4. The zero-order valence-electron chi connectivity index (χ0n) is 15.1. The van der Waals surface area contributed by atoms with Gasteiger partial charge in [-0.2, -0.15) is 13.2 Å². The third-order valence-electron chi connectivity index (χ3n) is 4.91. The van der Waals surface area contributed by atoms with Crippen molar-refractivity contribution >= 4 is 10.9 Å². The Morgan fingerprint density at radius 1 is 1.11 bits per heavy atom. The maximum atomic E-state index is 13.9. The lowest BCUT2D eigenvalue weighted by Gasteiger charge is -2.38. The van der Waals surface area contributed by atoms with Crippen molar-refractivity contribution in [2.75, 3.05) is 0 Å². The number of H-pyrrole nitrogens is 1. The van der Waals surface area contributed by atoms with Gasteiger partial charge in [0.15, 0.2) is 0 Å². The van der Waals surface area contributed by atoms with Gasteiger partial charge in [-0.05, 0) is 53.1 Å².